The standard InChI is InChI=1S/C20H19NO/c1-2-19-13-18(17-11-7-4-8-12-17)14-20(22)21(19)15-16-9-5-3-6-10-16/h3-14H,2,15H2,1H3. The zero-order chi connectivity index (χ0) is 15.4. The van der Waals surface area contributed by atoms with Crippen molar-refractivity contribution in [1.29, 1.82) is 0 Å². The number of benzene rings is 2. The maximum absolute atomic E-state index is 12.6. The van der Waals surface area contributed by atoms with Crippen molar-refractivity contribution in [2.24, 2.45) is 0 Å². The molecule has 1 aromatic heterocycles. The zero-order valence-corrected chi connectivity index (χ0v) is 12.7. The van der Waals surface area contributed by atoms with E-state index in [4.69, 9.17) is 0 Å². The van der Waals surface area contributed by atoms with E-state index in [0.717, 1.165) is 28.8 Å². The molecule has 0 aliphatic heterocycles. The van der Waals surface area contributed by atoms with E-state index in [2.05, 4.69) is 25.1 Å². The van der Waals surface area contributed by atoms with Gasteiger partial charge in [0, 0.05) is 11.8 Å². The number of hydrogen-bond donors (Lipinski definition) is 0. The van der Waals surface area contributed by atoms with E-state index >= 15 is 0 Å². The van der Waals surface area contributed by atoms with Crippen LogP contribution in [0.2, 0.25) is 0 Å². The lowest BCUT2D eigenvalue weighted by Crippen LogP contribution is -2.23. The van der Waals surface area contributed by atoms with Gasteiger partial charge in [-0.05, 0) is 29.2 Å². The second-order valence-electron chi connectivity index (χ2n) is 5.36. The van der Waals surface area contributed by atoms with Crippen LogP contribution in [0.3, 0.4) is 0 Å². The number of rotatable bonds is 4. The summed E-state index contributed by atoms with van der Waals surface area (Å²) in [7, 11) is 0. The van der Waals surface area contributed by atoms with Crippen LogP contribution in [0.1, 0.15) is 18.2 Å². The van der Waals surface area contributed by atoms with Gasteiger partial charge in [0.05, 0.1) is 6.54 Å². The highest BCUT2D eigenvalue weighted by Crippen LogP contribution is 2.19. The largest absolute Gasteiger partial charge is 0.308 e. The second-order valence-corrected chi connectivity index (χ2v) is 5.36. The van der Waals surface area contributed by atoms with Gasteiger partial charge in [-0.3, -0.25) is 4.79 Å². The third-order valence-electron chi connectivity index (χ3n) is 3.87. The van der Waals surface area contributed by atoms with E-state index in [0.29, 0.717) is 6.54 Å². The number of hydrogen-bond acceptors (Lipinski definition) is 1. The molecular weight excluding hydrogens is 270 g/mol. The van der Waals surface area contributed by atoms with Crippen LogP contribution in [-0.4, -0.2) is 4.57 Å². The maximum atomic E-state index is 12.6. The molecule has 0 spiro atoms. The lowest BCUT2D eigenvalue weighted by molar-refractivity contribution is 0.708. The van der Waals surface area contributed by atoms with E-state index < -0.39 is 0 Å². The molecule has 0 fully saturated rings. The van der Waals surface area contributed by atoms with Crippen molar-refractivity contribution in [3.8, 4) is 11.1 Å². The van der Waals surface area contributed by atoms with Crippen LogP contribution in [0.15, 0.2) is 77.6 Å². The van der Waals surface area contributed by atoms with Crippen molar-refractivity contribution in [2.45, 2.75) is 19.9 Å². The van der Waals surface area contributed by atoms with Gasteiger partial charge in [-0.25, -0.2) is 0 Å². The van der Waals surface area contributed by atoms with Gasteiger partial charge in [0.2, 0.25) is 0 Å². The summed E-state index contributed by atoms with van der Waals surface area (Å²) in [5, 5.41) is 0. The molecule has 0 aliphatic rings. The number of aryl methyl sites for hydroxylation is 1. The van der Waals surface area contributed by atoms with Gasteiger partial charge in [-0.15, -0.1) is 0 Å². The highest BCUT2D eigenvalue weighted by atomic mass is 16.1. The van der Waals surface area contributed by atoms with E-state index in [1.54, 1.807) is 6.07 Å². The van der Waals surface area contributed by atoms with Crippen molar-refractivity contribution in [3.05, 3.63) is 94.4 Å². The Balaban J connectivity index is 2.04. The van der Waals surface area contributed by atoms with Gasteiger partial charge in [-0.2, -0.15) is 0 Å². The van der Waals surface area contributed by atoms with Crippen LogP contribution >= 0.6 is 0 Å². The van der Waals surface area contributed by atoms with Crippen LogP contribution < -0.4 is 5.56 Å². The van der Waals surface area contributed by atoms with E-state index in [9.17, 15) is 4.79 Å². The summed E-state index contributed by atoms with van der Waals surface area (Å²) in [5.41, 5.74) is 4.34. The Morgan fingerprint density at radius 1 is 0.818 bits per heavy atom. The van der Waals surface area contributed by atoms with Crippen molar-refractivity contribution >= 4 is 0 Å². The minimum absolute atomic E-state index is 0.0575. The summed E-state index contributed by atoms with van der Waals surface area (Å²) in [6.45, 7) is 2.71. The molecule has 0 amide bonds. The van der Waals surface area contributed by atoms with Crippen molar-refractivity contribution < 1.29 is 0 Å². The third kappa shape index (κ3) is 3.01. The molecule has 0 radical (unpaired) electrons. The van der Waals surface area contributed by atoms with E-state index in [-0.39, 0.29) is 5.56 Å². The average molecular weight is 289 g/mol. The highest BCUT2D eigenvalue weighted by Gasteiger charge is 2.07. The van der Waals surface area contributed by atoms with Gasteiger partial charge in [0.1, 0.15) is 0 Å². The summed E-state index contributed by atoms with van der Waals surface area (Å²) < 4.78 is 1.86. The van der Waals surface area contributed by atoms with Crippen molar-refractivity contribution in [2.75, 3.05) is 0 Å². The van der Waals surface area contributed by atoms with Gasteiger partial charge in [0.15, 0.2) is 0 Å². The van der Waals surface area contributed by atoms with Crippen LogP contribution in [-0.2, 0) is 13.0 Å². The fraction of sp³-hybridized carbons (Fsp3) is 0.150. The van der Waals surface area contributed by atoms with Crippen molar-refractivity contribution in [1.82, 2.24) is 4.57 Å². The molecule has 0 atom stereocenters. The summed E-state index contributed by atoms with van der Waals surface area (Å²) in [6, 6.07) is 24.0. The predicted octanol–water partition coefficient (Wildman–Crippen LogP) is 4.13. The van der Waals surface area contributed by atoms with Crippen LogP contribution in [0.4, 0.5) is 0 Å². The first-order valence-corrected chi connectivity index (χ1v) is 7.61. The van der Waals surface area contributed by atoms with Gasteiger partial charge in [-0.1, -0.05) is 67.6 Å². The molecule has 110 valence electrons. The second kappa shape index (κ2) is 6.44. The molecule has 22 heavy (non-hydrogen) atoms. The Labute approximate surface area is 130 Å². The first-order chi connectivity index (χ1) is 10.8. The Morgan fingerprint density at radius 3 is 2.09 bits per heavy atom. The molecule has 0 saturated carbocycles. The van der Waals surface area contributed by atoms with Crippen LogP contribution in [0.5, 0.6) is 0 Å². The monoisotopic (exact) mass is 289 g/mol. The molecule has 1 heterocycles. The zero-order valence-electron chi connectivity index (χ0n) is 12.7. The Morgan fingerprint density at radius 2 is 1.45 bits per heavy atom. The smallest absolute Gasteiger partial charge is 0.251 e. The van der Waals surface area contributed by atoms with Gasteiger partial charge in [0.25, 0.3) is 5.56 Å². The third-order valence-corrected chi connectivity index (χ3v) is 3.87. The highest BCUT2D eigenvalue weighted by molar-refractivity contribution is 5.63. The molecule has 2 aromatic carbocycles. The normalized spacial score (nSPS) is 10.6. The van der Waals surface area contributed by atoms with Gasteiger partial charge >= 0.3 is 0 Å². The molecule has 0 saturated heterocycles. The first kappa shape index (κ1) is 14.3. The SMILES string of the molecule is CCc1cc(-c2ccccc2)cc(=O)n1Cc1ccccc1. The molecule has 0 N–H and O–H groups in total. The van der Waals surface area contributed by atoms with Crippen molar-refractivity contribution in [3.63, 3.8) is 0 Å². The lowest BCUT2D eigenvalue weighted by Gasteiger charge is -2.14. The number of pyridine rings is 1. The fourth-order valence-electron chi connectivity index (χ4n) is 2.69. The molecule has 0 unspecified atom stereocenters. The van der Waals surface area contributed by atoms with E-state index in [1.807, 2.05) is 53.1 Å². The summed E-state index contributed by atoms with van der Waals surface area (Å²) in [6.07, 6.45) is 0.836. The quantitative estimate of drug-likeness (QED) is 0.708. The maximum Gasteiger partial charge on any atom is 0.251 e. The van der Waals surface area contributed by atoms with Gasteiger partial charge < -0.3 is 4.57 Å². The summed E-state index contributed by atoms with van der Waals surface area (Å²) in [4.78, 5) is 12.6. The fourth-order valence-corrected chi connectivity index (χ4v) is 2.69. The van der Waals surface area contributed by atoms with Crippen LogP contribution in [0, 0.1) is 0 Å². The lowest BCUT2D eigenvalue weighted by atomic mass is 10.0. The molecular formula is C20H19NO. The Kier molecular flexibility index (Phi) is 4.19. The topological polar surface area (TPSA) is 22.0 Å². The number of aromatic nitrogens is 1. The molecule has 0 aliphatic carbocycles. The molecule has 0 bridgehead atoms. The average Bonchev–Trinajstić information content (AvgIpc) is 2.58. The Bertz CT molecular complexity index is 804. The first-order valence-electron chi connectivity index (χ1n) is 7.61. The molecule has 2 nitrogen and oxygen atoms in total. The Hall–Kier alpha value is -2.61. The van der Waals surface area contributed by atoms with Crippen LogP contribution in [0.25, 0.3) is 11.1 Å². The number of nitrogens with zero attached hydrogens (tertiary/aromatic N) is 1. The molecule has 3 aromatic rings. The molecule has 2 heteroatoms. The molecule has 3 rings (SSSR count). The minimum Gasteiger partial charge on any atom is -0.308 e. The predicted molar refractivity (Wildman–Crippen MR) is 91.1 cm³/mol. The summed E-state index contributed by atoms with van der Waals surface area (Å²) in [5.74, 6) is 0. The minimum atomic E-state index is 0.0575. The van der Waals surface area contributed by atoms with E-state index in [1.165, 1.54) is 0 Å². The summed E-state index contributed by atoms with van der Waals surface area (Å²) >= 11 is 0.